The van der Waals surface area contributed by atoms with E-state index in [-0.39, 0.29) is 10.7 Å². The normalized spacial score (nSPS) is 10.6. The van der Waals surface area contributed by atoms with Crippen molar-refractivity contribution in [2.24, 2.45) is 0 Å². The Morgan fingerprint density at radius 3 is 2.36 bits per heavy atom. The summed E-state index contributed by atoms with van der Waals surface area (Å²) in [6.07, 6.45) is -1.62. The quantitative estimate of drug-likeness (QED) is 0.514. The van der Waals surface area contributed by atoms with E-state index >= 15 is 0 Å². The standard InChI is InChI=1S/C6H5Cl2NO2/c7-3-1-2-4(8)9-5(3)6(10)11/h1-2,6,10-11H/p+1. The molecule has 60 valence electrons. The molecular formula is C6H6Cl2NO2+. The molecule has 0 spiro atoms. The highest BCUT2D eigenvalue weighted by atomic mass is 35.5. The molecule has 0 unspecified atom stereocenters. The highest BCUT2D eigenvalue weighted by Crippen LogP contribution is 2.17. The number of aromatic amines is 1. The first-order valence-electron chi connectivity index (χ1n) is 2.84. The average molecular weight is 195 g/mol. The molecule has 0 bridgehead atoms. The Hall–Kier alpha value is -0.350. The molecule has 0 amide bonds. The lowest BCUT2D eigenvalue weighted by Crippen LogP contribution is -2.16. The lowest BCUT2D eigenvalue weighted by Gasteiger charge is -1.98. The molecule has 1 aromatic rings. The Balaban J connectivity index is 3.13. The van der Waals surface area contributed by atoms with Gasteiger partial charge in [-0.25, -0.2) is 0 Å². The van der Waals surface area contributed by atoms with Crippen LogP contribution in [-0.2, 0) is 0 Å². The largest absolute Gasteiger partial charge is 0.360 e. The number of aliphatic hydroxyl groups excluding tert-OH is 1. The molecule has 0 aliphatic heterocycles. The molecule has 1 heterocycles. The van der Waals surface area contributed by atoms with Crippen molar-refractivity contribution in [1.82, 2.24) is 0 Å². The van der Waals surface area contributed by atoms with E-state index in [4.69, 9.17) is 33.4 Å². The van der Waals surface area contributed by atoms with Crippen LogP contribution in [0, 0.1) is 0 Å². The Morgan fingerprint density at radius 2 is 1.91 bits per heavy atom. The number of rotatable bonds is 1. The molecular weight excluding hydrogens is 189 g/mol. The number of hydrogen-bond donors (Lipinski definition) is 2. The van der Waals surface area contributed by atoms with Crippen LogP contribution in [0.4, 0.5) is 0 Å². The number of aromatic nitrogens is 1. The first kappa shape index (κ1) is 8.74. The van der Waals surface area contributed by atoms with Crippen molar-refractivity contribution in [2.45, 2.75) is 6.29 Å². The summed E-state index contributed by atoms with van der Waals surface area (Å²) >= 11 is 11.1. The van der Waals surface area contributed by atoms with Crippen LogP contribution in [-0.4, -0.2) is 10.2 Å². The minimum atomic E-state index is -1.62. The van der Waals surface area contributed by atoms with Crippen LogP contribution in [0.15, 0.2) is 12.1 Å². The van der Waals surface area contributed by atoms with Crippen LogP contribution in [0.5, 0.6) is 0 Å². The topological polar surface area (TPSA) is 54.6 Å². The first-order chi connectivity index (χ1) is 5.11. The van der Waals surface area contributed by atoms with Crippen LogP contribution in [0.25, 0.3) is 0 Å². The van der Waals surface area contributed by atoms with E-state index < -0.39 is 6.29 Å². The zero-order valence-electron chi connectivity index (χ0n) is 5.38. The van der Waals surface area contributed by atoms with Crippen LogP contribution in [0.1, 0.15) is 12.0 Å². The fraction of sp³-hybridized carbons (Fsp3) is 0.167. The van der Waals surface area contributed by atoms with Crippen molar-refractivity contribution in [3.05, 3.63) is 28.0 Å². The lowest BCUT2D eigenvalue weighted by molar-refractivity contribution is -0.407. The van der Waals surface area contributed by atoms with Gasteiger partial charge in [0.05, 0.1) is 0 Å². The van der Waals surface area contributed by atoms with Crippen molar-refractivity contribution in [2.75, 3.05) is 0 Å². The molecule has 3 nitrogen and oxygen atoms in total. The van der Waals surface area contributed by atoms with E-state index in [0.717, 1.165) is 0 Å². The second-order valence-corrected chi connectivity index (χ2v) is 2.76. The van der Waals surface area contributed by atoms with Gasteiger partial charge in [0.25, 0.3) is 10.8 Å². The molecule has 1 rings (SSSR count). The fourth-order valence-corrected chi connectivity index (χ4v) is 1.03. The second-order valence-electron chi connectivity index (χ2n) is 1.94. The Morgan fingerprint density at radius 1 is 1.27 bits per heavy atom. The number of nitrogens with one attached hydrogen (secondary N) is 1. The Labute approximate surface area is 73.2 Å². The number of aliphatic hydroxyl groups is 2. The summed E-state index contributed by atoms with van der Waals surface area (Å²) in [5.41, 5.74) is 0.0965. The third-order valence-electron chi connectivity index (χ3n) is 1.15. The van der Waals surface area contributed by atoms with Crippen molar-refractivity contribution in [1.29, 1.82) is 0 Å². The zero-order chi connectivity index (χ0) is 8.43. The maximum Gasteiger partial charge on any atom is 0.273 e. The third kappa shape index (κ3) is 2.04. The molecule has 0 radical (unpaired) electrons. The van der Waals surface area contributed by atoms with Gasteiger partial charge in [-0.05, 0) is 17.7 Å². The highest BCUT2D eigenvalue weighted by Gasteiger charge is 2.16. The van der Waals surface area contributed by atoms with Gasteiger partial charge in [0.15, 0.2) is 0 Å². The van der Waals surface area contributed by atoms with Crippen molar-refractivity contribution >= 4 is 23.2 Å². The van der Waals surface area contributed by atoms with E-state index in [0.29, 0.717) is 5.15 Å². The summed E-state index contributed by atoms with van der Waals surface area (Å²) in [5, 5.41) is 18.0. The predicted molar refractivity (Wildman–Crippen MR) is 40.2 cm³/mol. The SMILES string of the molecule is OC(O)c1[nH+]c(Cl)ccc1Cl. The molecule has 0 aliphatic carbocycles. The van der Waals surface area contributed by atoms with Gasteiger partial charge in [-0.15, -0.1) is 0 Å². The van der Waals surface area contributed by atoms with E-state index in [9.17, 15) is 0 Å². The highest BCUT2D eigenvalue weighted by molar-refractivity contribution is 6.31. The van der Waals surface area contributed by atoms with Crippen LogP contribution < -0.4 is 4.98 Å². The molecule has 0 atom stereocenters. The van der Waals surface area contributed by atoms with Gasteiger partial charge in [-0.3, -0.25) is 0 Å². The van der Waals surface area contributed by atoms with E-state index in [1.807, 2.05) is 0 Å². The maximum atomic E-state index is 8.71. The molecule has 0 aromatic carbocycles. The van der Waals surface area contributed by atoms with Gasteiger partial charge in [-0.2, -0.15) is 4.98 Å². The monoisotopic (exact) mass is 194 g/mol. The van der Waals surface area contributed by atoms with E-state index in [1.165, 1.54) is 12.1 Å². The van der Waals surface area contributed by atoms with E-state index in [1.54, 1.807) is 0 Å². The van der Waals surface area contributed by atoms with Crippen molar-refractivity contribution in [3.8, 4) is 0 Å². The minimum Gasteiger partial charge on any atom is -0.360 e. The molecule has 0 aliphatic rings. The van der Waals surface area contributed by atoms with Crippen LogP contribution in [0.2, 0.25) is 10.2 Å². The van der Waals surface area contributed by atoms with Gasteiger partial charge < -0.3 is 10.2 Å². The lowest BCUT2D eigenvalue weighted by atomic mass is 10.3. The summed E-state index contributed by atoms with van der Waals surface area (Å²) in [6, 6.07) is 3.00. The molecule has 0 saturated carbocycles. The third-order valence-corrected chi connectivity index (χ3v) is 1.70. The van der Waals surface area contributed by atoms with Gasteiger partial charge in [0, 0.05) is 6.07 Å². The fourth-order valence-electron chi connectivity index (χ4n) is 0.654. The molecule has 11 heavy (non-hydrogen) atoms. The van der Waals surface area contributed by atoms with Crippen LogP contribution in [0.3, 0.4) is 0 Å². The maximum absolute atomic E-state index is 8.71. The number of hydrogen-bond acceptors (Lipinski definition) is 2. The zero-order valence-corrected chi connectivity index (χ0v) is 6.89. The molecule has 0 fully saturated rings. The Bertz CT molecular complexity index is 265. The predicted octanol–water partition coefficient (Wildman–Crippen LogP) is 0.791. The second kappa shape index (κ2) is 3.36. The van der Waals surface area contributed by atoms with Gasteiger partial charge in [-0.1, -0.05) is 11.6 Å². The average Bonchev–Trinajstić information content (AvgIpc) is 1.94. The molecule has 5 heteroatoms. The smallest absolute Gasteiger partial charge is 0.273 e. The minimum absolute atomic E-state index is 0.0965. The summed E-state index contributed by atoms with van der Waals surface area (Å²) in [7, 11) is 0. The van der Waals surface area contributed by atoms with Crippen molar-refractivity contribution < 1.29 is 15.2 Å². The van der Waals surface area contributed by atoms with Gasteiger partial charge in [0.1, 0.15) is 5.02 Å². The summed E-state index contributed by atoms with van der Waals surface area (Å²) < 4.78 is 0. The number of halogens is 2. The summed E-state index contributed by atoms with van der Waals surface area (Å²) in [4.78, 5) is 2.51. The molecule has 0 saturated heterocycles. The Kier molecular flexibility index (Phi) is 2.67. The van der Waals surface area contributed by atoms with Gasteiger partial charge >= 0.3 is 0 Å². The number of pyridine rings is 1. The molecule has 3 N–H and O–H groups in total. The van der Waals surface area contributed by atoms with Crippen molar-refractivity contribution in [3.63, 3.8) is 0 Å². The summed E-state index contributed by atoms with van der Waals surface area (Å²) in [6.45, 7) is 0. The first-order valence-corrected chi connectivity index (χ1v) is 3.60. The summed E-state index contributed by atoms with van der Waals surface area (Å²) in [5.74, 6) is 0. The van der Waals surface area contributed by atoms with Gasteiger partial charge in [0.2, 0.25) is 6.29 Å². The number of H-pyrrole nitrogens is 1. The van der Waals surface area contributed by atoms with E-state index in [2.05, 4.69) is 4.98 Å². The van der Waals surface area contributed by atoms with Crippen LogP contribution >= 0.6 is 23.2 Å². The molecule has 1 aromatic heterocycles.